The molecule has 1 aliphatic rings. The summed E-state index contributed by atoms with van der Waals surface area (Å²) in [5.41, 5.74) is 1.72. The van der Waals surface area contributed by atoms with Crippen LogP contribution in [0.1, 0.15) is 24.1 Å². The van der Waals surface area contributed by atoms with Crippen LogP contribution in [0.2, 0.25) is 0 Å². The standard InChI is InChI=1S/C19H18N2O4/c1-2-25-18(23)15-16(12-8-4-3-5-9-12)20-19(24)21-17(15)13-10-6-7-11-14(13)22/h3-11,17,22H,2H2,1H3,(H2,20,21,24)/t17-/m1/s1. The number of aromatic hydroxyl groups is 1. The lowest BCUT2D eigenvalue weighted by atomic mass is 9.92. The molecule has 128 valence electrons. The van der Waals surface area contributed by atoms with Gasteiger partial charge < -0.3 is 20.5 Å². The van der Waals surface area contributed by atoms with Crippen molar-refractivity contribution in [3.05, 3.63) is 71.3 Å². The molecule has 3 N–H and O–H groups in total. The molecule has 1 heterocycles. The van der Waals surface area contributed by atoms with Gasteiger partial charge in [0.05, 0.1) is 23.9 Å². The molecule has 3 rings (SSSR count). The number of ether oxygens (including phenoxy) is 1. The first-order valence-electron chi connectivity index (χ1n) is 7.94. The molecule has 0 aliphatic carbocycles. The van der Waals surface area contributed by atoms with Gasteiger partial charge in [-0.25, -0.2) is 9.59 Å². The van der Waals surface area contributed by atoms with Gasteiger partial charge in [0.1, 0.15) is 5.75 Å². The van der Waals surface area contributed by atoms with E-state index >= 15 is 0 Å². The smallest absolute Gasteiger partial charge is 0.338 e. The maximum atomic E-state index is 12.6. The molecular formula is C19H18N2O4. The number of hydrogen-bond donors (Lipinski definition) is 3. The lowest BCUT2D eigenvalue weighted by molar-refractivity contribution is -0.138. The zero-order valence-electron chi connectivity index (χ0n) is 13.7. The molecule has 2 aromatic carbocycles. The Labute approximate surface area is 145 Å². The molecule has 6 nitrogen and oxygen atoms in total. The van der Waals surface area contributed by atoms with Crippen molar-refractivity contribution in [1.29, 1.82) is 0 Å². The van der Waals surface area contributed by atoms with E-state index < -0.39 is 18.0 Å². The second-order valence-electron chi connectivity index (χ2n) is 5.47. The first-order chi connectivity index (χ1) is 12.1. The van der Waals surface area contributed by atoms with Crippen molar-refractivity contribution >= 4 is 17.7 Å². The largest absolute Gasteiger partial charge is 0.508 e. The number of amides is 2. The molecule has 1 aliphatic heterocycles. The predicted molar refractivity (Wildman–Crippen MR) is 92.5 cm³/mol. The van der Waals surface area contributed by atoms with Gasteiger partial charge >= 0.3 is 12.0 Å². The van der Waals surface area contributed by atoms with Crippen molar-refractivity contribution in [1.82, 2.24) is 10.6 Å². The van der Waals surface area contributed by atoms with Crippen molar-refractivity contribution in [2.75, 3.05) is 6.61 Å². The first kappa shape index (κ1) is 16.6. The summed E-state index contributed by atoms with van der Waals surface area (Å²) < 4.78 is 5.19. The van der Waals surface area contributed by atoms with Crippen molar-refractivity contribution in [3.63, 3.8) is 0 Å². The Bertz CT molecular complexity index is 830. The Morgan fingerprint density at radius 3 is 2.48 bits per heavy atom. The molecule has 0 unspecified atom stereocenters. The van der Waals surface area contributed by atoms with E-state index in [2.05, 4.69) is 10.6 Å². The highest BCUT2D eigenvalue weighted by Gasteiger charge is 2.35. The summed E-state index contributed by atoms with van der Waals surface area (Å²) >= 11 is 0. The number of esters is 1. The van der Waals surface area contributed by atoms with E-state index in [0.29, 0.717) is 16.8 Å². The Morgan fingerprint density at radius 1 is 1.12 bits per heavy atom. The lowest BCUT2D eigenvalue weighted by Crippen LogP contribution is -2.45. The third kappa shape index (κ3) is 3.33. The van der Waals surface area contributed by atoms with Crippen LogP contribution in [-0.2, 0) is 9.53 Å². The molecule has 0 radical (unpaired) electrons. The van der Waals surface area contributed by atoms with E-state index in [9.17, 15) is 14.7 Å². The van der Waals surface area contributed by atoms with Gasteiger partial charge in [0.25, 0.3) is 0 Å². The highest BCUT2D eigenvalue weighted by atomic mass is 16.5. The second-order valence-corrected chi connectivity index (χ2v) is 5.47. The first-order valence-corrected chi connectivity index (χ1v) is 7.94. The SMILES string of the molecule is CCOC(=O)C1=C(c2ccccc2)NC(=O)N[C@@H]1c1ccccc1O. The highest BCUT2D eigenvalue weighted by molar-refractivity contribution is 6.04. The second kappa shape index (κ2) is 7.09. The quantitative estimate of drug-likeness (QED) is 0.748. The van der Waals surface area contributed by atoms with E-state index in [1.165, 1.54) is 6.07 Å². The zero-order chi connectivity index (χ0) is 17.8. The fraction of sp³-hybridized carbons (Fsp3) is 0.158. The molecule has 0 fully saturated rings. The summed E-state index contributed by atoms with van der Waals surface area (Å²) in [4.78, 5) is 24.8. The summed E-state index contributed by atoms with van der Waals surface area (Å²) in [6.07, 6.45) is 0. The molecule has 0 aromatic heterocycles. The van der Waals surface area contributed by atoms with Crippen LogP contribution in [-0.4, -0.2) is 23.7 Å². The number of para-hydroxylation sites is 1. The minimum atomic E-state index is -0.816. The van der Waals surface area contributed by atoms with Crippen LogP contribution in [0.25, 0.3) is 5.70 Å². The molecule has 25 heavy (non-hydrogen) atoms. The number of rotatable bonds is 4. The zero-order valence-corrected chi connectivity index (χ0v) is 13.7. The monoisotopic (exact) mass is 338 g/mol. The number of phenols is 1. The molecule has 0 saturated heterocycles. The van der Waals surface area contributed by atoms with Crippen LogP contribution in [0.4, 0.5) is 4.79 Å². The average molecular weight is 338 g/mol. The van der Waals surface area contributed by atoms with E-state index in [-0.39, 0.29) is 17.9 Å². The Hall–Kier alpha value is -3.28. The number of nitrogens with one attached hydrogen (secondary N) is 2. The molecule has 6 heteroatoms. The van der Waals surface area contributed by atoms with Gasteiger partial charge in [0.2, 0.25) is 0 Å². The molecule has 2 aromatic rings. The number of carbonyl (C=O) groups excluding carboxylic acids is 2. The van der Waals surface area contributed by atoms with Crippen molar-refractivity contribution < 1.29 is 19.4 Å². The lowest BCUT2D eigenvalue weighted by Gasteiger charge is -2.29. The van der Waals surface area contributed by atoms with Gasteiger partial charge in [-0.1, -0.05) is 48.5 Å². The van der Waals surface area contributed by atoms with Crippen molar-refractivity contribution in [3.8, 4) is 5.75 Å². The van der Waals surface area contributed by atoms with Crippen LogP contribution in [0.15, 0.2) is 60.2 Å². The van der Waals surface area contributed by atoms with Gasteiger partial charge in [-0.3, -0.25) is 0 Å². The molecule has 2 amide bonds. The topological polar surface area (TPSA) is 87.7 Å². The normalized spacial score (nSPS) is 16.8. The Kier molecular flexibility index (Phi) is 4.70. The van der Waals surface area contributed by atoms with Crippen molar-refractivity contribution in [2.45, 2.75) is 13.0 Å². The third-order valence-electron chi connectivity index (χ3n) is 3.88. The minimum absolute atomic E-state index is 0.0103. The molecule has 1 atom stereocenters. The number of urea groups is 1. The van der Waals surface area contributed by atoms with Crippen LogP contribution in [0.3, 0.4) is 0 Å². The van der Waals surface area contributed by atoms with Crippen molar-refractivity contribution in [2.24, 2.45) is 0 Å². The maximum absolute atomic E-state index is 12.6. The van der Waals surface area contributed by atoms with E-state index in [1.807, 2.05) is 18.2 Å². The average Bonchev–Trinajstić information content (AvgIpc) is 2.62. The van der Waals surface area contributed by atoms with Gasteiger partial charge in [-0.15, -0.1) is 0 Å². The number of carbonyl (C=O) groups is 2. The van der Waals surface area contributed by atoms with E-state index in [0.717, 1.165) is 0 Å². The summed E-state index contributed by atoms with van der Waals surface area (Å²) in [7, 11) is 0. The van der Waals surface area contributed by atoms with Crippen LogP contribution in [0, 0.1) is 0 Å². The summed E-state index contributed by atoms with van der Waals surface area (Å²) in [5, 5.41) is 15.6. The van der Waals surface area contributed by atoms with E-state index in [1.54, 1.807) is 37.3 Å². The predicted octanol–water partition coefficient (Wildman–Crippen LogP) is 2.72. The van der Waals surface area contributed by atoms with E-state index in [4.69, 9.17) is 4.74 Å². The molecular weight excluding hydrogens is 320 g/mol. The van der Waals surface area contributed by atoms with Gasteiger partial charge in [0.15, 0.2) is 0 Å². The summed E-state index contributed by atoms with van der Waals surface area (Å²) in [5.74, 6) is -0.564. The minimum Gasteiger partial charge on any atom is -0.508 e. The fourth-order valence-corrected chi connectivity index (χ4v) is 2.79. The molecule has 0 bridgehead atoms. The van der Waals surface area contributed by atoms with Crippen LogP contribution in [0.5, 0.6) is 5.75 Å². The van der Waals surface area contributed by atoms with Crippen LogP contribution >= 0.6 is 0 Å². The maximum Gasteiger partial charge on any atom is 0.338 e. The van der Waals surface area contributed by atoms with Gasteiger partial charge in [0, 0.05) is 5.56 Å². The van der Waals surface area contributed by atoms with Gasteiger partial charge in [-0.05, 0) is 18.6 Å². The van der Waals surface area contributed by atoms with Crippen LogP contribution < -0.4 is 10.6 Å². The Balaban J connectivity index is 2.20. The highest BCUT2D eigenvalue weighted by Crippen LogP contribution is 2.35. The number of hydrogen-bond acceptors (Lipinski definition) is 4. The molecule has 0 spiro atoms. The van der Waals surface area contributed by atoms with Gasteiger partial charge in [-0.2, -0.15) is 0 Å². The summed E-state index contributed by atoms with van der Waals surface area (Å²) in [6.45, 7) is 1.91. The number of phenolic OH excluding ortho intramolecular Hbond substituents is 1. The Morgan fingerprint density at radius 2 is 1.80 bits per heavy atom. The summed E-state index contributed by atoms with van der Waals surface area (Å²) in [6, 6.07) is 14.4. The fourth-order valence-electron chi connectivity index (χ4n) is 2.79. The molecule has 0 saturated carbocycles. The number of benzene rings is 2. The third-order valence-corrected chi connectivity index (χ3v) is 3.88.